The van der Waals surface area contributed by atoms with E-state index in [9.17, 15) is 33.9 Å². The minimum Gasteiger partial charge on any atom is -0.492 e. The summed E-state index contributed by atoms with van der Waals surface area (Å²) in [6, 6.07) is 68.7. The minimum absolute atomic E-state index is 0.200. The first-order valence-corrected chi connectivity index (χ1v) is 45.4. The number of aryl methyl sites for hydroxylation is 14. The van der Waals surface area contributed by atoms with Crippen LogP contribution in [0.5, 0.6) is 5.75 Å². The molecule has 10 heterocycles. The molecule has 1 atom stereocenters. The fraction of sp³-hybridized carbons (Fsp3) is 0.222. The molecule has 6 aliphatic rings. The molecule has 0 fully saturated rings. The van der Waals surface area contributed by atoms with Crippen LogP contribution in [0, 0.1) is 69.2 Å². The molecule has 0 saturated carbocycles. The largest absolute Gasteiger partial charge is 0.492 e. The van der Waals surface area contributed by atoms with Crippen LogP contribution in [0.25, 0.3) is 48.9 Å². The summed E-state index contributed by atoms with van der Waals surface area (Å²) in [6.45, 7) is 38.9. The first-order chi connectivity index (χ1) is 65.9. The van der Waals surface area contributed by atoms with Gasteiger partial charge in [-0.2, -0.15) is 4.98 Å². The topological polar surface area (TPSA) is 382 Å². The van der Waals surface area contributed by atoms with Crippen molar-refractivity contribution in [1.29, 1.82) is 0 Å². The highest BCUT2D eigenvalue weighted by Gasteiger charge is 2.30. The van der Waals surface area contributed by atoms with Crippen LogP contribution in [0.2, 0.25) is 0 Å². The van der Waals surface area contributed by atoms with Crippen molar-refractivity contribution >= 4 is 112 Å². The van der Waals surface area contributed by atoms with Crippen molar-refractivity contribution in [3.63, 3.8) is 0 Å². The lowest BCUT2D eigenvalue weighted by Crippen LogP contribution is -2.44. The highest BCUT2D eigenvalue weighted by Crippen LogP contribution is 2.42. The number of aliphatic hydroxyl groups is 1. The zero-order valence-electron chi connectivity index (χ0n) is 78.3. The van der Waals surface area contributed by atoms with Crippen LogP contribution in [0.15, 0.2) is 255 Å². The van der Waals surface area contributed by atoms with Gasteiger partial charge < -0.3 is 59.7 Å². The Kier molecular flexibility index (Phi) is 28.0. The lowest BCUT2D eigenvalue weighted by molar-refractivity contribution is 0.183. The number of aromatic amines is 5. The Bertz CT molecular complexity index is 8210. The van der Waals surface area contributed by atoms with Gasteiger partial charge in [0.05, 0.1) is 75.7 Å². The molecular formula is C108H107N21O8. The summed E-state index contributed by atoms with van der Waals surface area (Å²) in [7, 11) is 0. The third-order valence-electron chi connectivity index (χ3n) is 24.5. The molecule has 137 heavy (non-hydrogen) atoms. The van der Waals surface area contributed by atoms with Gasteiger partial charge in [0.15, 0.2) is 56.2 Å². The van der Waals surface area contributed by atoms with Crippen molar-refractivity contribution in [2.24, 2.45) is 20.0 Å². The highest BCUT2D eigenvalue weighted by molar-refractivity contribution is 5.83. The van der Waals surface area contributed by atoms with Crippen LogP contribution in [0.4, 0.5) is 74.5 Å². The number of rotatable bonds is 20. The van der Waals surface area contributed by atoms with Crippen molar-refractivity contribution in [2.45, 2.75) is 127 Å². The van der Waals surface area contributed by atoms with Gasteiger partial charge in [0.1, 0.15) is 34.3 Å². The molecule has 0 spiro atoms. The van der Waals surface area contributed by atoms with Gasteiger partial charge in [-0.15, -0.1) is 0 Å². The molecule has 1 unspecified atom stereocenters. The second-order valence-electron chi connectivity index (χ2n) is 34.7. The molecule has 4 aromatic heterocycles. The lowest BCUT2D eigenvalue weighted by atomic mass is 10.0. The molecule has 0 radical (unpaired) electrons. The molecule has 692 valence electrons. The van der Waals surface area contributed by atoms with E-state index in [4.69, 9.17) is 10.5 Å². The van der Waals surface area contributed by atoms with E-state index >= 15 is 0 Å². The average molecular weight is 1830 g/mol. The van der Waals surface area contributed by atoms with Gasteiger partial charge in [-0.1, -0.05) is 165 Å². The zero-order chi connectivity index (χ0) is 96.6. The maximum absolute atomic E-state index is 12.5. The minimum atomic E-state index is -0.644. The van der Waals surface area contributed by atoms with E-state index in [1.54, 1.807) is 0 Å². The number of anilines is 9. The molecule has 6 aliphatic heterocycles. The molecule has 0 saturated heterocycles. The fourth-order valence-corrected chi connectivity index (χ4v) is 17.0. The standard InChI is InChI=1S/C23H24N4O.2C22H22N4O2.C21H21N5O.C20H18N4O2/c1-14-8-5-6-9-18(14)10-7-11-27-20-13-16(3)15(2)12-19(20)26-21-22(27)24-17(4)25-23(21)28;1-13-6-4-7-16(10-13)8-5-9-26-18-12-15(3)14(2)11-17(18)23-19-20(26)24-22(28)25-21(19)27;1-13-9-18-19(10-14(13)2)26(12-17(27)11-16-7-5-4-6-8-16)21-20(25-18)22(28)24-15(3)23-21;1-13-11-17-18(12-16(13)22)26(10-6-9-15-7-4-3-5-8-15)20-19(25-17)21(27)24-14(2)23-20;1-13-8-9-17-16(12-13)23-18-19(21-14(2)22-20(18)25)24(17)10-11-26-15-6-4-3-5-7-15/h5-6,8-9,12-13H,4,7,10-11H2,1-3H3,(H,25,28);4,6-7,10-12H,5,8-9H2,1-3H3,(H,25,27,28);4-10,17,27H,3,11-12H2,1-2H3,(H,24,28);3-5,7-8,11-12H,2,6,9-10,22H2,1H3,(H,24,27);3-9,12H,2,10-11H2,1H3,(H,22,25). The predicted octanol–water partition coefficient (Wildman–Crippen LogP) is 12.2. The van der Waals surface area contributed by atoms with Crippen molar-refractivity contribution < 1.29 is 9.84 Å². The first-order valence-electron chi connectivity index (χ1n) is 45.4. The molecule has 0 aliphatic carbocycles. The second kappa shape index (κ2) is 40.9. The number of nitrogens with two attached hydrogens (primary N) is 1. The van der Waals surface area contributed by atoms with Crippen molar-refractivity contribution in [3.05, 3.63) is 390 Å². The number of nitrogens with zero attached hydrogens (tertiary/aromatic N) is 15. The number of H-pyrrole nitrogens is 5. The fourth-order valence-electron chi connectivity index (χ4n) is 17.0. The monoisotopic (exact) mass is 1830 g/mol. The molecule has 10 aromatic carbocycles. The van der Waals surface area contributed by atoms with E-state index in [1.807, 2.05) is 194 Å². The molecule has 0 bridgehead atoms. The Balaban J connectivity index is 0.000000124. The van der Waals surface area contributed by atoms with Crippen LogP contribution < -0.4 is 107 Å². The number of fused-ring (bicyclic) bond motifs is 10. The second-order valence-corrected chi connectivity index (χ2v) is 34.7. The number of aliphatic hydroxyl groups excluding tert-OH is 1. The van der Waals surface area contributed by atoms with Gasteiger partial charge in [-0.3, -0.25) is 29.0 Å². The molecule has 0 amide bonds. The molecule has 14 aromatic rings. The Hall–Kier alpha value is -16.6. The third kappa shape index (κ3) is 21.4. The normalized spacial score (nSPS) is 12.3. The number of ether oxygens (including phenoxy) is 1. The van der Waals surface area contributed by atoms with Crippen LogP contribution in [-0.2, 0) is 32.2 Å². The molecular weight excluding hydrogens is 1720 g/mol. The van der Waals surface area contributed by atoms with Crippen LogP contribution in [0.1, 0.15) is 97.2 Å². The molecule has 29 nitrogen and oxygen atoms in total. The molecule has 8 N–H and O–H groups in total. The van der Waals surface area contributed by atoms with E-state index < -0.39 is 17.4 Å². The number of nitrogen functional groups attached to an aromatic ring is 1. The summed E-state index contributed by atoms with van der Waals surface area (Å²) in [5.41, 5.74) is 30.5. The predicted molar refractivity (Wildman–Crippen MR) is 542 cm³/mol. The maximum Gasteiger partial charge on any atom is 0.349 e. The van der Waals surface area contributed by atoms with E-state index in [-0.39, 0.29) is 38.8 Å². The van der Waals surface area contributed by atoms with Crippen LogP contribution in [0.3, 0.4) is 0 Å². The number of para-hydroxylation sites is 1. The average Bonchev–Trinajstić information content (AvgIpc) is 0.747. The number of β-amino-alcohol motifs (C(OH)–C–C–N with tert-alkyl or cyclic N) is 1. The summed E-state index contributed by atoms with van der Waals surface area (Å²) >= 11 is 0. The van der Waals surface area contributed by atoms with Gasteiger partial charge in [0, 0.05) is 31.7 Å². The smallest absolute Gasteiger partial charge is 0.349 e. The summed E-state index contributed by atoms with van der Waals surface area (Å²) in [6.07, 6.45) is 5.37. The van der Waals surface area contributed by atoms with E-state index in [0.29, 0.717) is 112 Å². The Morgan fingerprint density at radius 1 is 0.372 bits per heavy atom. The lowest BCUT2D eigenvalue weighted by Gasteiger charge is -2.30. The maximum atomic E-state index is 12.5. The SMILES string of the molecule is C=c1nc2c(c(=O)[nH]1)=Nc1cc(C)c(C)cc1N2CC(O)Cc1ccccc1.C=c1nc2c(c(=O)[nH]1)=Nc1cc(C)c(C)cc1N2CCCc1ccccc1C.C=c1nc2c(c(=O)[nH]1)=Nc1cc(C)c(N)cc1N2CCCc1ccccc1.C=c1nc2c(c(=O)[nH]1)=Nc1cc(C)ccc1N2CCOc1ccccc1.Cc1cccc(CCCn2c3nc(=O)[nH]c(=O)c-3nc3cc(C)c(C)cc32)c1. The van der Waals surface area contributed by atoms with Crippen molar-refractivity contribution in [3.8, 4) is 17.3 Å². The number of aromatic nitrogens is 12. The van der Waals surface area contributed by atoms with Gasteiger partial charge >= 0.3 is 5.69 Å². The first kappa shape index (κ1) is 93.7. The Morgan fingerprint density at radius 2 is 0.810 bits per heavy atom. The summed E-state index contributed by atoms with van der Waals surface area (Å²) in [4.78, 5) is 139. The summed E-state index contributed by atoms with van der Waals surface area (Å²) in [5.74, 6) is 3.20. The van der Waals surface area contributed by atoms with Crippen molar-refractivity contribution in [2.75, 3.05) is 58.1 Å². The molecule has 20 rings (SSSR count). The van der Waals surface area contributed by atoms with Crippen LogP contribution >= 0.6 is 0 Å². The number of nitrogens with one attached hydrogen (secondary N) is 5. The van der Waals surface area contributed by atoms with Gasteiger partial charge in [-0.25, -0.2) is 49.7 Å². The Morgan fingerprint density at radius 3 is 1.36 bits per heavy atom. The van der Waals surface area contributed by atoms with Crippen molar-refractivity contribution in [1.82, 2.24) is 59.4 Å². The Labute approximate surface area is 788 Å². The number of hydrogen-bond acceptors (Lipinski definition) is 23. The quantitative estimate of drug-likeness (QED) is 0.0275. The van der Waals surface area contributed by atoms with Gasteiger partial charge in [-0.05, 0) is 253 Å². The summed E-state index contributed by atoms with van der Waals surface area (Å²) < 4.78 is 7.78. The molecule has 29 heteroatoms. The van der Waals surface area contributed by atoms with Gasteiger partial charge in [0.2, 0.25) is 0 Å². The van der Waals surface area contributed by atoms with Crippen LogP contribution in [-0.4, -0.2) is 103 Å². The number of hydrogen-bond donors (Lipinski definition) is 7. The third-order valence-corrected chi connectivity index (χ3v) is 24.5. The summed E-state index contributed by atoms with van der Waals surface area (Å²) in [5, 5.41) is 12.0. The zero-order valence-corrected chi connectivity index (χ0v) is 78.3. The van der Waals surface area contributed by atoms with Gasteiger partial charge in [0.25, 0.3) is 27.8 Å². The number of benzene rings is 10. The van der Waals surface area contributed by atoms with E-state index in [1.165, 1.54) is 33.4 Å². The van der Waals surface area contributed by atoms with E-state index in [0.717, 1.165) is 146 Å². The van der Waals surface area contributed by atoms with E-state index in [2.05, 4.69) is 207 Å². The highest BCUT2D eigenvalue weighted by atomic mass is 16.5.